The van der Waals surface area contributed by atoms with Crippen molar-refractivity contribution in [1.29, 1.82) is 0 Å². The molecule has 0 spiro atoms. The van der Waals surface area contributed by atoms with Gasteiger partial charge in [0.1, 0.15) is 5.69 Å². The maximum absolute atomic E-state index is 12.2. The molecule has 0 bridgehead atoms. The molecular weight excluding hydrogens is 306 g/mol. The number of aromatic nitrogens is 2. The molecule has 0 atom stereocenters. The van der Waals surface area contributed by atoms with Gasteiger partial charge in [0, 0.05) is 36.2 Å². The summed E-state index contributed by atoms with van der Waals surface area (Å²) in [5, 5.41) is 2.91. The molecule has 5 heteroatoms. The Morgan fingerprint density at radius 3 is 3.05 bits per heavy atom. The van der Waals surface area contributed by atoms with Gasteiger partial charge in [-0.25, -0.2) is 0 Å². The fraction of sp³-hybridized carbons (Fsp3) is 0.286. The van der Waals surface area contributed by atoms with Gasteiger partial charge >= 0.3 is 0 Å². The van der Waals surface area contributed by atoms with Gasteiger partial charge in [-0.3, -0.25) is 9.78 Å². The van der Waals surface area contributed by atoms with E-state index in [1.165, 1.54) is 0 Å². The number of nitrogens with zero attached hydrogens (tertiary/aromatic N) is 2. The van der Waals surface area contributed by atoms with Crippen LogP contribution < -0.4 is 5.32 Å². The average Bonchev–Trinajstić information content (AvgIpc) is 2.79. The summed E-state index contributed by atoms with van der Waals surface area (Å²) in [5.41, 5.74) is 1.67. The predicted molar refractivity (Wildman–Crippen MR) is 77.8 cm³/mol. The number of carbonyl (C=O) groups excluding carboxylic acids is 1. The highest BCUT2D eigenvalue weighted by Crippen LogP contribution is 2.15. The molecule has 2 rings (SSSR count). The monoisotopic (exact) mass is 321 g/mol. The Morgan fingerprint density at radius 2 is 2.37 bits per heavy atom. The minimum absolute atomic E-state index is 0.0667. The molecule has 1 N–H and O–H groups in total. The van der Waals surface area contributed by atoms with Crippen molar-refractivity contribution in [3.63, 3.8) is 0 Å². The summed E-state index contributed by atoms with van der Waals surface area (Å²) in [4.78, 5) is 16.2. The van der Waals surface area contributed by atoms with Gasteiger partial charge in [0.25, 0.3) is 5.91 Å². The van der Waals surface area contributed by atoms with Crippen LogP contribution in [0.4, 0.5) is 0 Å². The normalized spacial score (nSPS) is 10.4. The molecule has 0 unspecified atom stereocenters. The molecule has 2 aromatic rings. The first-order valence-electron chi connectivity index (χ1n) is 6.23. The van der Waals surface area contributed by atoms with Gasteiger partial charge in [-0.15, -0.1) is 0 Å². The summed E-state index contributed by atoms with van der Waals surface area (Å²) in [6.07, 6.45) is 6.39. The lowest BCUT2D eigenvalue weighted by atomic mass is 10.3. The first-order valence-corrected chi connectivity index (χ1v) is 7.02. The second-order valence-electron chi connectivity index (χ2n) is 4.28. The zero-order chi connectivity index (χ0) is 13.7. The highest BCUT2D eigenvalue weighted by molar-refractivity contribution is 9.10. The van der Waals surface area contributed by atoms with Gasteiger partial charge in [-0.1, -0.05) is 13.0 Å². The van der Waals surface area contributed by atoms with Crippen LogP contribution in [0.15, 0.2) is 41.3 Å². The second-order valence-corrected chi connectivity index (χ2v) is 5.20. The molecule has 0 saturated heterocycles. The number of hydrogen-bond donors (Lipinski definition) is 1. The molecule has 0 aliphatic heterocycles. The van der Waals surface area contributed by atoms with Gasteiger partial charge in [-0.05, 0) is 40.0 Å². The van der Waals surface area contributed by atoms with E-state index in [4.69, 9.17) is 0 Å². The lowest BCUT2D eigenvalue weighted by molar-refractivity contribution is 0.0941. The number of pyridine rings is 1. The molecular formula is C14H16BrN3O. The van der Waals surface area contributed by atoms with E-state index in [0.717, 1.165) is 23.0 Å². The molecule has 0 fully saturated rings. The van der Waals surface area contributed by atoms with E-state index in [0.29, 0.717) is 12.2 Å². The molecule has 2 heterocycles. The van der Waals surface area contributed by atoms with E-state index in [1.807, 2.05) is 29.0 Å². The zero-order valence-electron chi connectivity index (χ0n) is 10.8. The van der Waals surface area contributed by atoms with Crippen LogP contribution in [0.2, 0.25) is 0 Å². The fourth-order valence-electron chi connectivity index (χ4n) is 1.87. The number of carbonyl (C=O) groups is 1. The Balaban J connectivity index is 2.03. The summed E-state index contributed by atoms with van der Waals surface area (Å²) >= 11 is 3.41. The SMILES string of the molecule is CCCn1cc(Br)cc1C(=O)NCc1cccnc1. The number of hydrogen-bond acceptors (Lipinski definition) is 2. The minimum atomic E-state index is -0.0667. The van der Waals surface area contributed by atoms with Crippen molar-refractivity contribution < 1.29 is 4.79 Å². The van der Waals surface area contributed by atoms with Crippen molar-refractivity contribution in [3.05, 3.63) is 52.5 Å². The van der Waals surface area contributed by atoms with Gasteiger partial charge in [0.15, 0.2) is 0 Å². The van der Waals surface area contributed by atoms with Crippen LogP contribution >= 0.6 is 15.9 Å². The molecule has 0 aliphatic rings. The summed E-state index contributed by atoms with van der Waals surface area (Å²) in [6.45, 7) is 3.41. The van der Waals surface area contributed by atoms with Crippen LogP contribution in [0.3, 0.4) is 0 Å². The maximum atomic E-state index is 12.2. The Hall–Kier alpha value is -1.62. The van der Waals surface area contributed by atoms with Crippen molar-refractivity contribution in [2.75, 3.05) is 0 Å². The Bertz CT molecular complexity index is 551. The lowest BCUT2D eigenvalue weighted by Gasteiger charge is -2.08. The minimum Gasteiger partial charge on any atom is -0.347 e. The second kappa shape index (κ2) is 6.52. The topological polar surface area (TPSA) is 46.9 Å². The number of rotatable bonds is 5. The summed E-state index contributed by atoms with van der Waals surface area (Å²) in [6, 6.07) is 5.64. The Morgan fingerprint density at radius 1 is 1.53 bits per heavy atom. The van der Waals surface area contributed by atoms with E-state index in [-0.39, 0.29) is 5.91 Å². The van der Waals surface area contributed by atoms with E-state index in [9.17, 15) is 4.79 Å². The number of halogens is 1. The van der Waals surface area contributed by atoms with Crippen molar-refractivity contribution >= 4 is 21.8 Å². The molecule has 0 radical (unpaired) electrons. The third-order valence-electron chi connectivity index (χ3n) is 2.74. The van der Waals surface area contributed by atoms with Crippen molar-refractivity contribution in [2.45, 2.75) is 26.4 Å². The van der Waals surface area contributed by atoms with Crippen LogP contribution in [0.25, 0.3) is 0 Å². The van der Waals surface area contributed by atoms with Gasteiger partial charge in [0.05, 0.1) is 0 Å². The third kappa shape index (κ3) is 3.67. The molecule has 4 nitrogen and oxygen atoms in total. The van der Waals surface area contributed by atoms with Crippen LogP contribution in [-0.4, -0.2) is 15.5 Å². The molecule has 2 aromatic heterocycles. The fourth-order valence-corrected chi connectivity index (χ4v) is 2.33. The van der Waals surface area contributed by atoms with E-state index in [2.05, 4.69) is 33.2 Å². The van der Waals surface area contributed by atoms with Crippen molar-refractivity contribution in [3.8, 4) is 0 Å². The van der Waals surface area contributed by atoms with E-state index in [1.54, 1.807) is 12.4 Å². The number of nitrogens with one attached hydrogen (secondary N) is 1. The quantitative estimate of drug-likeness (QED) is 0.920. The van der Waals surface area contributed by atoms with Crippen LogP contribution in [0.5, 0.6) is 0 Å². The van der Waals surface area contributed by atoms with E-state index >= 15 is 0 Å². The number of amides is 1. The van der Waals surface area contributed by atoms with Crippen molar-refractivity contribution in [1.82, 2.24) is 14.9 Å². The standard InChI is InChI=1S/C14H16BrN3O/c1-2-6-18-10-12(15)7-13(18)14(19)17-9-11-4-3-5-16-8-11/h3-5,7-8,10H,2,6,9H2,1H3,(H,17,19). The average molecular weight is 322 g/mol. The van der Waals surface area contributed by atoms with Crippen LogP contribution in [-0.2, 0) is 13.1 Å². The molecule has 19 heavy (non-hydrogen) atoms. The smallest absolute Gasteiger partial charge is 0.268 e. The first-order chi connectivity index (χ1) is 9.20. The molecule has 100 valence electrons. The van der Waals surface area contributed by atoms with Gasteiger partial charge in [0.2, 0.25) is 0 Å². The lowest BCUT2D eigenvalue weighted by Crippen LogP contribution is -2.25. The Kier molecular flexibility index (Phi) is 4.74. The predicted octanol–water partition coefficient (Wildman–Crippen LogP) is 2.99. The largest absolute Gasteiger partial charge is 0.347 e. The molecule has 0 aliphatic carbocycles. The maximum Gasteiger partial charge on any atom is 0.268 e. The van der Waals surface area contributed by atoms with Crippen LogP contribution in [0.1, 0.15) is 29.4 Å². The number of aryl methyl sites for hydroxylation is 1. The first kappa shape index (κ1) is 13.8. The van der Waals surface area contributed by atoms with Crippen molar-refractivity contribution in [2.24, 2.45) is 0 Å². The molecule has 0 aromatic carbocycles. The Labute approximate surface area is 121 Å². The summed E-state index contributed by atoms with van der Waals surface area (Å²) in [5.74, 6) is -0.0667. The highest BCUT2D eigenvalue weighted by atomic mass is 79.9. The van der Waals surface area contributed by atoms with Gasteiger partial charge < -0.3 is 9.88 Å². The van der Waals surface area contributed by atoms with E-state index < -0.39 is 0 Å². The molecule has 0 saturated carbocycles. The van der Waals surface area contributed by atoms with Crippen LogP contribution in [0, 0.1) is 0 Å². The molecule has 1 amide bonds. The summed E-state index contributed by atoms with van der Waals surface area (Å²) < 4.78 is 2.88. The highest BCUT2D eigenvalue weighted by Gasteiger charge is 2.12. The summed E-state index contributed by atoms with van der Waals surface area (Å²) in [7, 11) is 0. The third-order valence-corrected chi connectivity index (χ3v) is 3.17. The zero-order valence-corrected chi connectivity index (χ0v) is 12.4. The van der Waals surface area contributed by atoms with Gasteiger partial charge in [-0.2, -0.15) is 0 Å².